The number of alkyl halides is 3. The third-order valence-corrected chi connectivity index (χ3v) is 5.45. The van der Waals surface area contributed by atoms with Crippen LogP contribution in [-0.4, -0.2) is 16.1 Å². The first-order valence-corrected chi connectivity index (χ1v) is 8.95. The summed E-state index contributed by atoms with van der Waals surface area (Å²) in [6.07, 6.45) is -4.41. The Morgan fingerprint density at radius 3 is 2.62 bits per heavy atom. The molecule has 1 aromatic heterocycles. The molecule has 0 atom stereocenters. The minimum absolute atomic E-state index is 0.371. The van der Waals surface area contributed by atoms with Gasteiger partial charge in [0.2, 0.25) is 0 Å². The highest BCUT2D eigenvalue weighted by atomic mass is 19.4. The van der Waals surface area contributed by atoms with Crippen molar-refractivity contribution in [2.75, 3.05) is 4.90 Å². The van der Waals surface area contributed by atoms with Crippen LogP contribution in [0.3, 0.4) is 0 Å². The molecule has 0 fully saturated rings. The molecule has 0 saturated heterocycles. The van der Waals surface area contributed by atoms with Crippen molar-refractivity contribution in [2.45, 2.75) is 32.1 Å². The molecule has 1 aliphatic rings. The first-order chi connectivity index (χ1) is 13.6. The zero-order valence-electron chi connectivity index (χ0n) is 15.7. The van der Waals surface area contributed by atoms with Crippen molar-refractivity contribution in [3.63, 3.8) is 0 Å². The highest BCUT2D eigenvalue weighted by Crippen LogP contribution is 2.43. The maximum atomic E-state index is 12.9. The number of hydrogen-bond acceptors (Lipinski definition) is 4. The molecule has 5 nitrogen and oxygen atoms in total. The normalized spacial score (nSPS) is 15.4. The van der Waals surface area contributed by atoms with Gasteiger partial charge in [-0.15, -0.1) is 0 Å². The summed E-state index contributed by atoms with van der Waals surface area (Å²) in [5.74, 6) is -0.000494. The Labute approximate surface area is 164 Å². The maximum absolute atomic E-state index is 12.9. The lowest BCUT2D eigenvalue weighted by Gasteiger charge is -2.33. The van der Waals surface area contributed by atoms with Crippen molar-refractivity contribution >= 4 is 22.6 Å². The van der Waals surface area contributed by atoms with Gasteiger partial charge in [-0.2, -0.15) is 13.2 Å². The lowest BCUT2D eigenvalue weighted by molar-refractivity contribution is -0.137. The number of anilines is 1. The lowest BCUT2D eigenvalue weighted by atomic mass is 9.91. The Balaban J connectivity index is 1.77. The molecule has 2 aromatic carbocycles. The van der Waals surface area contributed by atoms with E-state index < -0.39 is 23.2 Å². The summed E-state index contributed by atoms with van der Waals surface area (Å²) in [4.78, 5) is 18.6. The number of rotatable bonds is 2. The Morgan fingerprint density at radius 1 is 1.17 bits per heavy atom. The predicted molar refractivity (Wildman–Crippen MR) is 102 cm³/mol. The highest BCUT2D eigenvalue weighted by molar-refractivity contribution is 5.96. The zero-order chi connectivity index (χ0) is 21.0. The second-order valence-corrected chi connectivity index (χ2v) is 7.49. The summed E-state index contributed by atoms with van der Waals surface area (Å²) in [6.45, 7) is 4.35. The fraction of sp³-hybridized carbons (Fsp3) is 0.238. The lowest BCUT2D eigenvalue weighted by Crippen LogP contribution is -2.35. The number of benzene rings is 2. The second kappa shape index (κ2) is 6.45. The molecule has 0 aliphatic carbocycles. The summed E-state index contributed by atoms with van der Waals surface area (Å²) in [7, 11) is 0. The SMILES string of the molecule is CC1(C)c2cccc(C(=O)NO)c2CN1c1ccc2cc(C(F)(F)F)ccc2n1. The molecule has 1 aliphatic heterocycles. The molecule has 3 aromatic rings. The number of fused-ring (bicyclic) bond motifs is 2. The highest BCUT2D eigenvalue weighted by Gasteiger charge is 2.40. The molecule has 0 unspecified atom stereocenters. The smallest absolute Gasteiger partial charge is 0.343 e. The second-order valence-electron chi connectivity index (χ2n) is 7.49. The topological polar surface area (TPSA) is 65.5 Å². The largest absolute Gasteiger partial charge is 0.416 e. The number of carbonyl (C=O) groups is 1. The first kappa shape index (κ1) is 19.2. The van der Waals surface area contributed by atoms with Crippen molar-refractivity contribution in [1.29, 1.82) is 0 Å². The number of hydrogen-bond donors (Lipinski definition) is 2. The molecule has 150 valence electrons. The van der Waals surface area contributed by atoms with Gasteiger partial charge in [0.15, 0.2) is 0 Å². The molecule has 0 radical (unpaired) electrons. The van der Waals surface area contributed by atoms with Crippen LogP contribution in [0.5, 0.6) is 0 Å². The fourth-order valence-corrected chi connectivity index (χ4v) is 3.91. The molecular formula is C21H18F3N3O2. The Morgan fingerprint density at radius 2 is 1.93 bits per heavy atom. The van der Waals surface area contributed by atoms with E-state index in [2.05, 4.69) is 4.98 Å². The van der Waals surface area contributed by atoms with E-state index in [4.69, 9.17) is 5.21 Å². The van der Waals surface area contributed by atoms with Gasteiger partial charge in [0.1, 0.15) is 5.82 Å². The van der Waals surface area contributed by atoms with E-state index in [1.807, 2.05) is 24.8 Å². The summed E-state index contributed by atoms with van der Waals surface area (Å²) >= 11 is 0. The van der Waals surface area contributed by atoms with Crippen molar-refractivity contribution < 1.29 is 23.2 Å². The standard InChI is InChI=1S/C21H18F3N3O2/c1-20(2)16-5-3-4-14(19(28)26-29)15(16)11-27(20)18-9-6-12-10-13(21(22,23)24)7-8-17(12)25-18/h3-10,29H,11H2,1-2H3,(H,26,28). The van der Waals surface area contributed by atoms with E-state index in [1.165, 1.54) is 6.07 Å². The van der Waals surface area contributed by atoms with Gasteiger partial charge < -0.3 is 4.90 Å². The monoisotopic (exact) mass is 401 g/mol. The maximum Gasteiger partial charge on any atom is 0.416 e. The average Bonchev–Trinajstić information content (AvgIpc) is 2.96. The van der Waals surface area contributed by atoms with Crippen LogP contribution in [0.15, 0.2) is 48.5 Å². The van der Waals surface area contributed by atoms with E-state index in [9.17, 15) is 18.0 Å². The van der Waals surface area contributed by atoms with Crippen LogP contribution < -0.4 is 10.4 Å². The van der Waals surface area contributed by atoms with Crippen LogP contribution in [0.2, 0.25) is 0 Å². The molecular weight excluding hydrogens is 383 g/mol. The van der Waals surface area contributed by atoms with Gasteiger partial charge in [-0.05, 0) is 61.4 Å². The van der Waals surface area contributed by atoms with E-state index in [0.29, 0.717) is 28.8 Å². The van der Waals surface area contributed by atoms with Gasteiger partial charge in [0, 0.05) is 17.5 Å². The molecule has 2 heterocycles. The summed E-state index contributed by atoms with van der Waals surface area (Å²) < 4.78 is 38.8. The number of nitrogens with one attached hydrogen (secondary N) is 1. The van der Waals surface area contributed by atoms with E-state index >= 15 is 0 Å². The van der Waals surface area contributed by atoms with Gasteiger partial charge in [0.25, 0.3) is 5.91 Å². The number of aromatic nitrogens is 1. The van der Waals surface area contributed by atoms with Crippen molar-refractivity contribution in [2.24, 2.45) is 0 Å². The van der Waals surface area contributed by atoms with Gasteiger partial charge in [-0.1, -0.05) is 12.1 Å². The molecule has 29 heavy (non-hydrogen) atoms. The number of amides is 1. The van der Waals surface area contributed by atoms with Gasteiger partial charge >= 0.3 is 6.18 Å². The van der Waals surface area contributed by atoms with Crippen LogP contribution in [0.1, 0.15) is 40.9 Å². The number of hydroxylamine groups is 1. The van der Waals surface area contributed by atoms with E-state index in [-0.39, 0.29) is 0 Å². The van der Waals surface area contributed by atoms with Crippen LogP contribution in [0.4, 0.5) is 19.0 Å². The van der Waals surface area contributed by atoms with Crippen LogP contribution in [0, 0.1) is 0 Å². The number of nitrogens with zero attached hydrogens (tertiary/aromatic N) is 2. The van der Waals surface area contributed by atoms with Crippen LogP contribution >= 0.6 is 0 Å². The third-order valence-electron chi connectivity index (χ3n) is 5.45. The van der Waals surface area contributed by atoms with Crippen molar-refractivity contribution in [1.82, 2.24) is 10.5 Å². The minimum Gasteiger partial charge on any atom is -0.343 e. The molecule has 1 amide bonds. The molecule has 0 bridgehead atoms. The molecule has 4 rings (SSSR count). The fourth-order valence-electron chi connectivity index (χ4n) is 3.91. The number of carbonyl (C=O) groups excluding carboxylic acids is 1. The van der Waals surface area contributed by atoms with Gasteiger partial charge in [-0.3, -0.25) is 10.0 Å². The Kier molecular flexibility index (Phi) is 4.27. The van der Waals surface area contributed by atoms with Crippen LogP contribution in [0.25, 0.3) is 10.9 Å². The van der Waals surface area contributed by atoms with Crippen molar-refractivity contribution in [3.05, 3.63) is 70.8 Å². The summed E-state index contributed by atoms with van der Waals surface area (Å²) in [5.41, 5.74) is 2.97. The predicted octanol–water partition coefficient (Wildman–Crippen LogP) is 4.63. The first-order valence-electron chi connectivity index (χ1n) is 8.95. The summed E-state index contributed by atoms with van der Waals surface area (Å²) in [5, 5.41) is 9.43. The Bertz CT molecular complexity index is 1130. The Hall–Kier alpha value is -3.13. The van der Waals surface area contributed by atoms with Gasteiger partial charge in [-0.25, -0.2) is 10.5 Å². The van der Waals surface area contributed by atoms with E-state index in [0.717, 1.165) is 23.3 Å². The molecule has 2 N–H and O–H groups in total. The molecule has 0 saturated carbocycles. The number of halogens is 3. The number of pyridine rings is 1. The van der Waals surface area contributed by atoms with E-state index in [1.54, 1.807) is 29.7 Å². The van der Waals surface area contributed by atoms with Crippen LogP contribution in [-0.2, 0) is 18.3 Å². The van der Waals surface area contributed by atoms with Gasteiger partial charge in [0.05, 0.1) is 16.6 Å². The summed E-state index contributed by atoms with van der Waals surface area (Å²) in [6, 6.07) is 12.1. The average molecular weight is 401 g/mol. The zero-order valence-corrected chi connectivity index (χ0v) is 15.7. The molecule has 8 heteroatoms. The quantitative estimate of drug-likeness (QED) is 0.486. The minimum atomic E-state index is -4.41. The third kappa shape index (κ3) is 3.09. The van der Waals surface area contributed by atoms with Crippen molar-refractivity contribution in [3.8, 4) is 0 Å². The molecule has 0 spiro atoms.